The van der Waals surface area contributed by atoms with Gasteiger partial charge in [0.15, 0.2) is 0 Å². The fraction of sp³-hybridized carbons (Fsp3) is 0.100. The summed E-state index contributed by atoms with van der Waals surface area (Å²) < 4.78 is 15.1. The molecule has 0 saturated heterocycles. The van der Waals surface area contributed by atoms with Crippen molar-refractivity contribution in [3.8, 4) is 5.69 Å². The maximum absolute atomic E-state index is 13.2. The first kappa shape index (κ1) is 9.40. The van der Waals surface area contributed by atoms with Crippen molar-refractivity contribution in [3.05, 3.63) is 46.7 Å². The highest BCUT2D eigenvalue weighted by molar-refractivity contribution is 9.10. The van der Waals surface area contributed by atoms with E-state index in [1.165, 1.54) is 4.57 Å². The molecule has 0 aliphatic rings. The molecule has 1 aromatic carbocycles. The Morgan fingerprint density at radius 1 is 1.29 bits per heavy atom. The molecule has 14 heavy (non-hydrogen) atoms. The quantitative estimate of drug-likeness (QED) is 0.765. The van der Waals surface area contributed by atoms with Gasteiger partial charge in [-0.15, -0.1) is 0 Å². The van der Waals surface area contributed by atoms with Crippen LogP contribution in [0.3, 0.4) is 0 Å². The number of halogens is 2. The molecule has 0 bridgehead atoms. The molecule has 1 heterocycles. The molecular formula is C10H8BrFN2. The van der Waals surface area contributed by atoms with Gasteiger partial charge >= 0.3 is 0 Å². The lowest BCUT2D eigenvalue weighted by Gasteiger charge is -2.02. The van der Waals surface area contributed by atoms with E-state index in [1.54, 1.807) is 6.20 Å². The highest BCUT2D eigenvalue weighted by atomic mass is 79.9. The Bertz CT molecular complexity index is 448. The number of rotatable bonds is 1. The minimum absolute atomic E-state index is 0.496. The molecule has 0 fully saturated rings. The summed E-state index contributed by atoms with van der Waals surface area (Å²) in [4.78, 5) is 3.62. The summed E-state index contributed by atoms with van der Waals surface area (Å²) in [5, 5.41) is 0. The molecule has 0 aliphatic heterocycles. The van der Waals surface area contributed by atoms with E-state index in [4.69, 9.17) is 0 Å². The van der Waals surface area contributed by atoms with Crippen molar-refractivity contribution in [2.24, 2.45) is 0 Å². The molecule has 72 valence electrons. The first-order valence-electron chi connectivity index (χ1n) is 4.14. The number of imidazole rings is 1. The third-order valence-electron chi connectivity index (χ3n) is 1.95. The van der Waals surface area contributed by atoms with E-state index >= 15 is 0 Å². The van der Waals surface area contributed by atoms with Crippen molar-refractivity contribution in [2.45, 2.75) is 6.92 Å². The molecule has 0 aliphatic carbocycles. The molecule has 2 rings (SSSR count). The van der Waals surface area contributed by atoms with E-state index in [-0.39, 0.29) is 0 Å². The molecular weight excluding hydrogens is 247 g/mol. The van der Waals surface area contributed by atoms with Crippen LogP contribution >= 0.6 is 15.9 Å². The van der Waals surface area contributed by atoms with Crippen molar-refractivity contribution in [1.29, 1.82) is 0 Å². The van der Waals surface area contributed by atoms with Gasteiger partial charge in [-0.25, -0.2) is 0 Å². The third-order valence-corrected chi connectivity index (χ3v) is 2.33. The lowest BCUT2D eigenvalue weighted by Crippen LogP contribution is -1.95. The van der Waals surface area contributed by atoms with E-state index in [0.29, 0.717) is 4.60 Å². The Hall–Kier alpha value is -1.16. The summed E-state index contributed by atoms with van der Waals surface area (Å²) in [5.74, 6) is 0. The number of aryl methyl sites for hydroxylation is 1. The monoisotopic (exact) mass is 254 g/mol. The highest BCUT2D eigenvalue weighted by Crippen LogP contribution is 2.15. The number of benzene rings is 1. The van der Waals surface area contributed by atoms with Crippen LogP contribution in [0, 0.1) is 13.0 Å². The van der Waals surface area contributed by atoms with Gasteiger partial charge in [0.2, 0.25) is 0 Å². The van der Waals surface area contributed by atoms with Crippen LogP contribution in [0.25, 0.3) is 5.69 Å². The fourth-order valence-corrected chi connectivity index (χ4v) is 1.57. The number of aromatic nitrogens is 2. The minimum Gasteiger partial charge on any atom is -0.275 e. The standard InChI is InChI=1S/C10H8BrFN2/c1-7-2-4-8(5-3-7)14-6-9(11)13-10(14)12/h2-6H,1H3. The van der Waals surface area contributed by atoms with E-state index in [9.17, 15) is 4.39 Å². The lowest BCUT2D eigenvalue weighted by atomic mass is 10.2. The van der Waals surface area contributed by atoms with Crippen LogP contribution in [0.15, 0.2) is 35.1 Å². The summed E-state index contributed by atoms with van der Waals surface area (Å²) in [6.07, 6.45) is 1.08. The molecule has 2 aromatic rings. The van der Waals surface area contributed by atoms with Crippen LogP contribution < -0.4 is 0 Å². The number of hydrogen-bond donors (Lipinski definition) is 0. The zero-order valence-corrected chi connectivity index (χ0v) is 9.12. The van der Waals surface area contributed by atoms with Gasteiger partial charge in [-0.05, 0) is 35.0 Å². The normalized spacial score (nSPS) is 10.5. The summed E-state index contributed by atoms with van der Waals surface area (Å²) >= 11 is 3.12. The molecule has 2 nitrogen and oxygen atoms in total. The molecule has 4 heteroatoms. The Kier molecular flexibility index (Phi) is 2.37. The summed E-state index contributed by atoms with van der Waals surface area (Å²) in [6, 6.07) is 7.57. The van der Waals surface area contributed by atoms with Gasteiger partial charge in [0, 0.05) is 11.9 Å². The zero-order valence-electron chi connectivity index (χ0n) is 7.54. The van der Waals surface area contributed by atoms with Gasteiger partial charge < -0.3 is 0 Å². The molecule has 0 saturated carbocycles. The highest BCUT2D eigenvalue weighted by Gasteiger charge is 2.06. The molecule has 1 aromatic heterocycles. The molecule has 0 atom stereocenters. The van der Waals surface area contributed by atoms with Crippen molar-refractivity contribution in [2.75, 3.05) is 0 Å². The zero-order chi connectivity index (χ0) is 10.1. The maximum atomic E-state index is 13.2. The van der Waals surface area contributed by atoms with Crippen molar-refractivity contribution in [1.82, 2.24) is 9.55 Å². The van der Waals surface area contributed by atoms with Crippen LogP contribution in [0.1, 0.15) is 5.56 Å². The van der Waals surface area contributed by atoms with Crippen molar-refractivity contribution >= 4 is 15.9 Å². The van der Waals surface area contributed by atoms with E-state index in [1.807, 2.05) is 31.2 Å². The maximum Gasteiger partial charge on any atom is 0.294 e. The Labute approximate surface area is 89.5 Å². The van der Waals surface area contributed by atoms with Gasteiger partial charge in [0.1, 0.15) is 4.60 Å². The Balaban J connectivity index is 2.49. The number of nitrogens with zero attached hydrogens (tertiary/aromatic N) is 2. The number of hydrogen-bond acceptors (Lipinski definition) is 1. The topological polar surface area (TPSA) is 17.8 Å². The van der Waals surface area contributed by atoms with Gasteiger partial charge in [0.05, 0.1) is 0 Å². The van der Waals surface area contributed by atoms with Gasteiger partial charge in [-0.1, -0.05) is 17.7 Å². The van der Waals surface area contributed by atoms with Crippen molar-refractivity contribution in [3.63, 3.8) is 0 Å². The van der Waals surface area contributed by atoms with Crippen LogP contribution in [0.2, 0.25) is 0 Å². The first-order valence-corrected chi connectivity index (χ1v) is 4.93. The Morgan fingerprint density at radius 2 is 1.93 bits per heavy atom. The largest absolute Gasteiger partial charge is 0.294 e. The second-order valence-corrected chi connectivity index (χ2v) is 3.85. The molecule has 0 spiro atoms. The average Bonchev–Trinajstić information content (AvgIpc) is 2.47. The molecule has 0 N–H and O–H groups in total. The SMILES string of the molecule is Cc1ccc(-n2cc(Br)nc2F)cc1. The fourth-order valence-electron chi connectivity index (χ4n) is 1.22. The van der Waals surface area contributed by atoms with Gasteiger partial charge in [-0.2, -0.15) is 9.37 Å². The van der Waals surface area contributed by atoms with Gasteiger partial charge in [-0.3, -0.25) is 4.57 Å². The van der Waals surface area contributed by atoms with Crippen molar-refractivity contribution < 1.29 is 4.39 Å². The predicted molar refractivity (Wildman–Crippen MR) is 56.0 cm³/mol. The first-order chi connectivity index (χ1) is 6.66. The second kappa shape index (κ2) is 3.53. The Morgan fingerprint density at radius 3 is 2.43 bits per heavy atom. The van der Waals surface area contributed by atoms with Crippen LogP contribution in [-0.4, -0.2) is 9.55 Å². The van der Waals surface area contributed by atoms with E-state index < -0.39 is 6.08 Å². The molecule has 0 radical (unpaired) electrons. The predicted octanol–water partition coefficient (Wildman–Crippen LogP) is 3.08. The van der Waals surface area contributed by atoms with Crippen LogP contribution in [0.5, 0.6) is 0 Å². The third kappa shape index (κ3) is 1.70. The van der Waals surface area contributed by atoms with Crippen LogP contribution in [0.4, 0.5) is 4.39 Å². The summed E-state index contributed by atoms with van der Waals surface area (Å²) in [6.45, 7) is 1.99. The molecule has 0 unspecified atom stereocenters. The minimum atomic E-state index is -0.513. The summed E-state index contributed by atoms with van der Waals surface area (Å²) in [7, 11) is 0. The van der Waals surface area contributed by atoms with E-state index in [0.717, 1.165) is 11.3 Å². The average molecular weight is 255 g/mol. The lowest BCUT2D eigenvalue weighted by molar-refractivity contribution is 0.522. The van der Waals surface area contributed by atoms with Crippen LogP contribution in [-0.2, 0) is 0 Å². The summed E-state index contributed by atoms with van der Waals surface area (Å²) in [5.41, 5.74) is 1.92. The van der Waals surface area contributed by atoms with E-state index in [2.05, 4.69) is 20.9 Å². The van der Waals surface area contributed by atoms with Gasteiger partial charge in [0.25, 0.3) is 6.08 Å². The second-order valence-electron chi connectivity index (χ2n) is 3.04. The molecule has 0 amide bonds. The smallest absolute Gasteiger partial charge is 0.275 e.